The van der Waals surface area contributed by atoms with Crippen LogP contribution in [0, 0.1) is 0 Å². The van der Waals surface area contributed by atoms with E-state index in [4.69, 9.17) is 0 Å². The number of hydrogen-bond acceptors (Lipinski definition) is 1. The molecule has 3 rings (SSSR count). The number of rotatable bonds is 1. The van der Waals surface area contributed by atoms with Crippen molar-refractivity contribution >= 4 is 11.4 Å². The van der Waals surface area contributed by atoms with E-state index in [2.05, 4.69) is 0 Å². The number of pyridine rings is 1. The predicted molar refractivity (Wildman–Crippen MR) is 62.5 cm³/mol. The molecular formula is C13H14N2O. The molecule has 1 aliphatic rings. The molecule has 0 unspecified atom stereocenters. The Bertz CT molecular complexity index is 523. The molecule has 1 amide bonds. The number of carbonyl (C=O) groups is 1. The highest BCUT2D eigenvalue weighted by molar-refractivity contribution is 5.95. The Morgan fingerprint density at radius 2 is 1.94 bits per heavy atom. The van der Waals surface area contributed by atoms with Gasteiger partial charge in [-0.1, -0.05) is 0 Å². The van der Waals surface area contributed by atoms with Gasteiger partial charge in [-0.3, -0.25) is 4.79 Å². The molecule has 1 fully saturated rings. The van der Waals surface area contributed by atoms with Gasteiger partial charge in [0.25, 0.3) is 5.91 Å². The van der Waals surface area contributed by atoms with Crippen molar-refractivity contribution in [3.63, 3.8) is 0 Å². The van der Waals surface area contributed by atoms with E-state index < -0.39 is 0 Å². The summed E-state index contributed by atoms with van der Waals surface area (Å²) in [4.78, 5) is 14.1. The van der Waals surface area contributed by atoms with E-state index in [-0.39, 0.29) is 5.91 Å². The summed E-state index contributed by atoms with van der Waals surface area (Å²) in [6, 6.07) is 7.86. The maximum Gasteiger partial charge on any atom is 0.253 e. The Kier molecular flexibility index (Phi) is 2.17. The summed E-state index contributed by atoms with van der Waals surface area (Å²) >= 11 is 0. The minimum Gasteiger partial charge on any atom is -0.339 e. The maximum atomic E-state index is 12.1. The van der Waals surface area contributed by atoms with Gasteiger partial charge in [-0.25, -0.2) is 0 Å². The molecule has 3 heteroatoms. The minimum absolute atomic E-state index is 0.168. The van der Waals surface area contributed by atoms with Crippen LogP contribution in [0.25, 0.3) is 5.52 Å². The third kappa shape index (κ3) is 1.48. The highest BCUT2D eigenvalue weighted by Crippen LogP contribution is 2.14. The lowest BCUT2D eigenvalue weighted by molar-refractivity contribution is 0.0793. The Morgan fingerprint density at radius 1 is 1.12 bits per heavy atom. The van der Waals surface area contributed by atoms with Gasteiger partial charge in [0.15, 0.2) is 0 Å². The summed E-state index contributed by atoms with van der Waals surface area (Å²) in [5.41, 5.74) is 1.87. The highest BCUT2D eigenvalue weighted by Gasteiger charge is 2.19. The highest BCUT2D eigenvalue weighted by atomic mass is 16.2. The Labute approximate surface area is 94.3 Å². The van der Waals surface area contributed by atoms with Crippen LogP contribution in [0.1, 0.15) is 23.2 Å². The van der Waals surface area contributed by atoms with Gasteiger partial charge in [0, 0.05) is 36.6 Å². The second-order valence-electron chi connectivity index (χ2n) is 4.26. The van der Waals surface area contributed by atoms with Gasteiger partial charge in [-0.15, -0.1) is 0 Å². The smallest absolute Gasteiger partial charge is 0.253 e. The summed E-state index contributed by atoms with van der Waals surface area (Å²) < 4.78 is 2.01. The first-order valence-electron chi connectivity index (χ1n) is 5.70. The monoisotopic (exact) mass is 214 g/mol. The van der Waals surface area contributed by atoms with Gasteiger partial charge >= 0.3 is 0 Å². The Morgan fingerprint density at radius 3 is 2.75 bits per heavy atom. The molecule has 1 saturated heterocycles. The Hall–Kier alpha value is -1.77. The fraction of sp³-hybridized carbons (Fsp3) is 0.308. The number of aromatic nitrogens is 1. The third-order valence-electron chi connectivity index (χ3n) is 3.17. The average molecular weight is 214 g/mol. The van der Waals surface area contributed by atoms with Crippen LogP contribution in [-0.2, 0) is 0 Å². The van der Waals surface area contributed by atoms with E-state index in [9.17, 15) is 4.79 Å². The van der Waals surface area contributed by atoms with Crippen LogP contribution >= 0.6 is 0 Å². The van der Waals surface area contributed by atoms with Crippen molar-refractivity contribution in [2.24, 2.45) is 0 Å². The fourth-order valence-electron chi connectivity index (χ4n) is 2.27. The molecule has 1 aliphatic heterocycles. The molecule has 3 heterocycles. The summed E-state index contributed by atoms with van der Waals surface area (Å²) in [6.07, 6.45) is 6.20. The first kappa shape index (κ1) is 9.46. The number of hydrogen-bond donors (Lipinski definition) is 0. The molecule has 0 N–H and O–H groups in total. The molecule has 0 aliphatic carbocycles. The zero-order chi connectivity index (χ0) is 11.0. The lowest BCUT2D eigenvalue weighted by atomic mass is 10.2. The van der Waals surface area contributed by atoms with Crippen LogP contribution in [0.2, 0.25) is 0 Å². The van der Waals surface area contributed by atoms with Crippen LogP contribution in [0.15, 0.2) is 36.7 Å². The first-order chi connectivity index (χ1) is 7.84. The van der Waals surface area contributed by atoms with Crippen molar-refractivity contribution in [1.82, 2.24) is 9.30 Å². The number of amides is 1. The number of nitrogens with zero attached hydrogens (tertiary/aromatic N) is 2. The Balaban J connectivity index is 1.95. The molecular weight excluding hydrogens is 200 g/mol. The lowest BCUT2D eigenvalue weighted by Crippen LogP contribution is -2.27. The molecule has 0 atom stereocenters. The maximum absolute atomic E-state index is 12.1. The van der Waals surface area contributed by atoms with Gasteiger partial charge in [0.05, 0.1) is 0 Å². The SMILES string of the molecule is O=C(c1ccn2cccc2c1)N1CCCC1. The average Bonchev–Trinajstić information content (AvgIpc) is 2.98. The van der Waals surface area contributed by atoms with Crippen LogP contribution in [0.4, 0.5) is 0 Å². The molecule has 0 bridgehead atoms. The second-order valence-corrected chi connectivity index (χ2v) is 4.26. The summed E-state index contributed by atoms with van der Waals surface area (Å²) in [7, 11) is 0. The molecule has 0 aromatic carbocycles. The quantitative estimate of drug-likeness (QED) is 0.714. The second kappa shape index (κ2) is 3.67. The number of carbonyl (C=O) groups excluding carboxylic acids is 1. The van der Waals surface area contributed by atoms with Crippen LogP contribution in [-0.4, -0.2) is 28.3 Å². The largest absolute Gasteiger partial charge is 0.339 e. The molecule has 2 aromatic rings. The van der Waals surface area contributed by atoms with E-state index in [1.54, 1.807) is 0 Å². The first-order valence-corrected chi connectivity index (χ1v) is 5.70. The van der Waals surface area contributed by atoms with Gasteiger partial charge in [-0.05, 0) is 37.1 Å². The van der Waals surface area contributed by atoms with Crippen molar-refractivity contribution in [1.29, 1.82) is 0 Å². The molecule has 0 radical (unpaired) electrons. The molecule has 0 saturated carbocycles. The predicted octanol–water partition coefficient (Wildman–Crippen LogP) is 2.18. The van der Waals surface area contributed by atoms with Crippen LogP contribution in [0.3, 0.4) is 0 Å². The molecule has 0 spiro atoms. The topological polar surface area (TPSA) is 24.7 Å². The summed E-state index contributed by atoms with van der Waals surface area (Å²) in [5.74, 6) is 0.168. The van der Waals surface area contributed by atoms with Crippen LogP contribution in [0.5, 0.6) is 0 Å². The van der Waals surface area contributed by atoms with Gasteiger partial charge in [0.1, 0.15) is 0 Å². The number of likely N-dealkylation sites (tertiary alicyclic amines) is 1. The van der Waals surface area contributed by atoms with Crippen LogP contribution < -0.4 is 0 Å². The molecule has 82 valence electrons. The standard InChI is InChI=1S/C13H14N2O/c16-13(15-6-1-2-7-15)11-5-9-14-8-3-4-12(14)10-11/h3-5,8-10H,1-2,6-7H2. The van der Waals surface area contributed by atoms with E-state index in [0.29, 0.717) is 0 Å². The fourth-order valence-corrected chi connectivity index (χ4v) is 2.27. The van der Waals surface area contributed by atoms with E-state index in [1.165, 1.54) is 0 Å². The zero-order valence-corrected chi connectivity index (χ0v) is 9.10. The third-order valence-corrected chi connectivity index (χ3v) is 3.17. The van der Waals surface area contributed by atoms with E-state index in [1.807, 2.05) is 46.0 Å². The summed E-state index contributed by atoms with van der Waals surface area (Å²) in [5, 5.41) is 0. The minimum atomic E-state index is 0.168. The summed E-state index contributed by atoms with van der Waals surface area (Å²) in [6.45, 7) is 1.82. The molecule has 2 aromatic heterocycles. The van der Waals surface area contributed by atoms with Gasteiger partial charge in [0.2, 0.25) is 0 Å². The molecule has 16 heavy (non-hydrogen) atoms. The van der Waals surface area contributed by atoms with Crippen molar-refractivity contribution in [3.05, 3.63) is 42.2 Å². The number of fused-ring (bicyclic) bond motifs is 1. The lowest BCUT2D eigenvalue weighted by Gasteiger charge is -2.15. The van der Waals surface area contributed by atoms with Crippen molar-refractivity contribution < 1.29 is 4.79 Å². The normalized spacial score (nSPS) is 15.9. The van der Waals surface area contributed by atoms with E-state index >= 15 is 0 Å². The molecule has 3 nitrogen and oxygen atoms in total. The van der Waals surface area contributed by atoms with Gasteiger partial charge < -0.3 is 9.30 Å². The van der Waals surface area contributed by atoms with Crippen molar-refractivity contribution in [3.8, 4) is 0 Å². The van der Waals surface area contributed by atoms with E-state index in [0.717, 1.165) is 37.0 Å². The van der Waals surface area contributed by atoms with Gasteiger partial charge in [-0.2, -0.15) is 0 Å². The van der Waals surface area contributed by atoms with Crippen molar-refractivity contribution in [2.75, 3.05) is 13.1 Å². The zero-order valence-electron chi connectivity index (χ0n) is 9.10. The van der Waals surface area contributed by atoms with Crippen molar-refractivity contribution in [2.45, 2.75) is 12.8 Å².